The van der Waals surface area contributed by atoms with Gasteiger partial charge in [-0.1, -0.05) is 67.9 Å². The first-order valence-electron chi connectivity index (χ1n) is 12.4. The summed E-state index contributed by atoms with van der Waals surface area (Å²) < 4.78 is 28.6. The van der Waals surface area contributed by atoms with Gasteiger partial charge in [0, 0.05) is 18.1 Å². The molecule has 0 heterocycles. The number of aryl methyl sites for hydroxylation is 1. The van der Waals surface area contributed by atoms with Gasteiger partial charge in [-0.15, -0.1) is 0 Å². The minimum atomic E-state index is -4.08. The number of anilines is 1. The number of nitrogens with one attached hydrogen (secondary N) is 1. The van der Waals surface area contributed by atoms with Gasteiger partial charge in [0.1, 0.15) is 12.6 Å². The molecule has 1 N–H and O–H groups in total. The van der Waals surface area contributed by atoms with Gasteiger partial charge < -0.3 is 10.2 Å². The maximum absolute atomic E-state index is 13.9. The first-order valence-corrected chi connectivity index (χ1v) is 14.3. The molecule has 0 saturated heterocycles. The molecular formula is C29H34ClN3O4S. The second-order valence-electron chi connectivity index (χ2n) is 9.63. The SMILES string of the molecule is Cc1cccc(N(CC(=O)N(Cc2cccc(Cl)c2)C(C)C(=O)NCC(C)C)S(=O)(=O)c2ccccc2)c1. The van der Waals surface area contributed by atoms with E-state index in [0.29, 0.717) is 17.3 Å². The van der Waals surface area contributed by atoms with Crippen LogP contribution in [-0.4, -0.2) is 44.3 Å². The average Bonchev–Trinajstić information content (AvgIpc) is 2.88. The Morgan fingerprint density at radius 3 is 2.24 bits per heavy atom. The molecule has 1 atom stereocenters. The summed E-state index contributed by atoms with van der Waals surface area (Å²) in [7, 11) is -4.08. The van der Waals surface area contributed by atoms with Gasteiger partial charge in [-0.05, 0) is 67.3 Å². The van der Waals surface area contributed by atoms with Crippen LogP contribution in [0.25, 0.3) is 0 Å². The van der Waals surface area contributed by atoms with E-state index in [2.05, 4.69) is 5.32 Å². The number of carbonyl (C=O) groups excluding carboxylic acids is 2. The monoisotopic (exact) mass is 555 g/mol. The van der Waals surface area contributed by atoms with Crippen molar-refractivity contribution in [3.8, 4) is 0 Å². The van der Waals surface area contributed by atoms with Crippen LogP contribution in [0.2, 0.25) is 5.02 Å². The van der Waals surface area contributed by atoms with Crippen molar-refractivity contribution >= 4 is 39.1 Å². The zero-order valence-corrected chi connectivity index (χ0v) is 23.7. The number of sulfonamides is 1. The third-order valence-corrected chi connectivity index (χ3v) is 8.02. The molecule has 1 unspecified atom stereocenters. The van der Waals surface area contributed by atoms with Gasteiger partial charge in [0.2, 0.25) is 11.8 Å². The summed E-state index contributed by atoms with van der Waals surface area (Å²) in [6.07, 6.45) is 0. The summed E-state index contributed by atoms with van der Waals surface area (Å²) in [4.78, 5) is 28.3. The van der Waals surface area contributed by atoms with Gasteiger partial charge in [0.15, 0.2) is 0 Å². The van der Waals surface area contributed by atoms with E-state index in [-0.39, 0.29) is 23.3 Å². The van der Waals surface area contributed by atoms with Crippen LogP contribution < -0.4 is 9.62 Å². The van der Waals surface area contributed by atoms with Gasteiger partial charge in [0.25, 0.3) is 10.0 Å². The summed E-state index contributed by atoms with van der Waals surface area (Å²) >= 11 is 6.17. The quantitative estimate of drug-likeness (QED) is 0.359. The van der Waals surface area contributed by atoms with Crippen LogP contribution in [0.3, 0.4) is 0 Å². The van der Waals surface area contributed by atoms with E-state index in [4.69, 9.17) is 11.6 Å². The Labute approximate surface area is 230 Å². The topological polar surface area (TPSA) is 86.8 Å². The molecule has 0 aliphatic rings. The number of nitrogens with zero attached hydrogens (tertiary/aromatic N) is 2. The van der Waals surface area contributed by atoms with Crippen LogP contribution >= 0.6 is 11.6 Å². The predicted molar refractivity (Wildman–Crippen MR) is 151 cm³/mol. The number of amides is 2. The molecule has 2 amide bonds. The van der Waals surface area contributed by atoms with Crippen molar-refractivity contribution in [3.63, 3.8) is 0 Å². The van der Waals surface area contributed by atoms with E-state index in [1.165, 1.54) is 17.0 Å². The summed E-state index contributed by atoms with van der Waals surface area (Å²) in [5, 5.41) is 3.37. The minimum Gasteiger partial charge on any atom is -0.354 e. The molecule has 0 spiro atoms. The van der Waals surface area contributed by atoms with Crippen molar-refractivity contribution in [2.75, 3.05) is 17.4 Å². The molecule has 7 nitrogen and oxygen atoms in total. The lowest BCUT2D eigenvalue weighted by atomic mass is 10.1. The Morgan fingerprint density at radius 2 is 1.61 bits per heavy atom. The molecule has 0 aliphatic carbocycles. The van der Waals surface area contributed by atoms with Crippen molar-refractivity contribution < 1.29 is 18.0 Å². The molecule has 0 fully saturated rings. The molecule has 9 heteroatoms. The molecule has 202 valence electrons. The molecule has 0 aliphatic heterocycles. The first kappa shape index (κ1) is 29.2. The number of benzene rings is 3. The van der Waals surface area contributed by atoms with Crippen LogP contribution in [0, 0.1) is 12.8 Å². The largest absolute Gasteiger partial charge is 0.354 e. The van der Waals surface area contributed by atoms with Crippen LogP contribution in [0.5, 0.6) is 0 Å². The van der Waals surface area contributed by atoms with Gasteiger partial charge in [0.05, 0.1) is 10.6 Å². The van der Waals surface area contributed by atoms with E-state index in [1.807, 2.05) is 32.9 Å². The average molecular weight is 556 g/mol. The lowest BCUT2D eigenvalue weighted by Crippen LogP contribution is -2.51. The Hall–Kier alpha value is -3.36. The zero-order chi connectivity index (χ0) is 27.9. The fourth-order valence-corrected chi connectivity index (χ4v) is 5.54. The molecule has 0 bridgehead atoms. The predicted octanol–water partition coefficient (Wildman–Crippen LogP) is 5.03. The van der Waals surface area contributed by atoms with Crippen LogP contribution in [0.1, 0.15) is 31.9 Å². The molecule has 0 radical (unpaired) electrons. The molecule has 0 saturated carbocycles. The highest BCUT2D eigenvalue weighted by atomic mass is 35.5. The summed E-state index contributed by atoms with van der Waals surface area (Å²) in [6.45, 7) is 7.51. The maximum atomic E-state index is 13.9. The van der Waals surface area contributed by atoms with E-state index in [9.17, 15) is 18.0 Å². The highest BCUT2D eigenvalue weighted by Gasteiger charge is 2.32. The second kappa shape index (κ2) is 12.9. The summed E-state index contributed by atoms with van der Waals surface area (Å²) in [6, 6.07) is 21.1. The lowest BCUT2D eigenvalue weighted by Gasteiger charge is -2.32. The fraction of sp³-hybridized carbons (Fsp3) is 0.310. The summed E-state index contributed by atoms with van der Waals surface area (Å²) in [5.74, 6) is -0.601. The third-order valence-electron chi connectivity index (χ3n) is 5.99. The number of carbonyl (C=O) groups is 2. The molecule has 3 aromatic carbocycles. The first-order chi connectivity index (χ1) is 18.0. The molecular weight excluding hydrogens is 522 g/mol. The van der Waals surface area contributed by atoms with Crippen molar-refractivity contribution in [2.24, 2.45) is 5.92 Å². The van der Waals surface area contributed by atoms with Crippen LogP contribution in [-0.2, 0) is 26.2 Å². The van der Waals surface area contributed by atoms with Crippen molar-refractivity contribution in [2.45, 2.75) is 45.2 Å². The van der Waals surface area contributed by atoms with Crippen molar-refractivity contribution in [1.82, 2.24) is 10.2 Å². The van der Waals surface area contributed by atoms with Gasteiger partial charge in [-0.3, -0.25) is 13.9 Å². The van der Waals surface area contributed by atoms with E-state index in [1.54, 1.807) is 61.5 Å². The van der Waals surface area contributed by atoms with Crippen LogP contribution in [0.4, 0.5) is 5.69 Å². The number of halogens is 1. The highest BCUT2D eigenvalue weighted by Crippen LogP contribution is 2.25. The summed E-state index contributed by atoms with van der Waals surface area (Å²) in [5.41, 5.74) is 1.93. The number of hydrogen-bond donors (Lipinski definition) is 1. The standard InChI is InChI=1S/C29H34ClN3O4S/c1-21(2)18-31-29(35)23(4)32(19-24-11-9-12-25(30)17-24)28(34)20-33(26-13-8-10-22(3)16-26)38(36,37)27-14-6-5-7-15-27/h5-17,21,23H,18-20H2,1-4H3,(H,31,35). The Morgan fingerprint density at radius 1 is 0.921 bits per heavy atom. The zero-order valence-electron chi connectivity index (χ0n) is 22.1. The smallest absolute Gasteiger partial charge is 0.264 e. The molecule has 38 heavy (non-hydrogen) atoms. The van der Waals surface area contributed by atoms with E-state index >= 15 is 0 Å². The highest BCUT2D eigenvalue weighted by molar-refractivity contribution is 7.92. The molecule has 0 aromatic heterocycles. The van der Waals surface area contributed by atoms with Gasteiger partial charge in [-0.25, -0.2) is 8.42 Å². The fourth-order valence-electron chi connectivity index (χ4n) is 3.90. The van der Waals surface area contributed by atoms with Crippen molar-refractivity contribution in [3.05, 3.63) is 95.0 Å². The molecule has 3 rings (SSSR count). The Balaban J connectivity index is 2.00. The Kier molecular flexibility index (Phi) is 9.94. The Bertz CT molecular complexity index is 1360. The van der Waals surface area contributed by atoms with E-state index < -0.39 is 28.5 Å². The van der Waals surface area contributed by atoms with Gasteiger partial charge >= 0.3 is 0 Å². The van der Waals surface area contributed by atoms with Gasteiger partial charge in [-0.2, -0.15) is 0 Å². The second-order valence-corrected chi connectivity index (χ2v) is 11.9. The molecule has 3 aromatic rings. The third kappa shape index (κ3) is 7.58. The number of hydrogen-bond acceptors (Lipinski definition) is 4. The van der Waals surface area contributed by atoms with Crippen LogP contribution in [0.15, 0.2) is 83.8 Å². The maximum Gasteiger partial charge on any atom is 0.264 e. The normalized spacial score (nSPS) is 12.2. The van der Waals surface area contributed by atoms with E-state index in [0.717, 1.165) is 15.4 Å². The lowest BCUT2D eigenvalue weighted by molar-refractivity contribution is -0.139. The van der Waals surface area contributed by atoms with Crippen molar-refractivity contribution in [1.29, 1.82) is 0 Å². The number of rotatable bonds is 11. The minimum absolute atomic E-state index is 0.0680.